The highest BCUT2D eigenvalue weighted by atomic mass is 16.1. The number of amides is 1. The molecule has 0 aromatic rings. The van der Waals surface area contributed by atoms with E-state index >= 15 is 0 Å². The smallest absolute Gasteiger partial charge is 0.271 e. The molecule has 0 aromatic carbocycles. The van der Waals surface area contributed by atoms with Crippen LogP contribution in [0.15, 0.2) is 41.1 Å². The van der Waals surface area contributed by atoms with Crippen molar-refractivity contribution in [2.75, 3.05) is 0 Å². The lowest BCUT2D eigenvalue weighted by molar-refractivity contribution is -0.113. The number of nitrogens with zero attached hydrogens (tertiary/aromatic N) is 1. The van der Waals surface area contributed by atoms with Crippen molar-refractivity contribution in [2.24, 2.45) is 16.8 Å². The third-order valence-electron chi connectivity index (χ3n) is 2.02. The van der Waals surface area contributed by atoms with Crippen molar-refractivity contribution in [1.29, 1.82) is 0 Å². The van der Waals surface area contributed by atoms with Crippen LogP contribution in [-0.4, -0.2) is 11.6 Å². The van der Waals surface area contributed by atoms with Gasteiger partial charge in [-0.15, -0.1) is 0 Å². The molecule has 0 aromatic heterocycles. The van der Waals surface area contributed by atoms with Crippen molar-refractivity contribution in [2.45, 2.75) is 0 Å². The Morgan fingerprint density at radius 1 is 1.46 bits per heavy atom. The number of nitrogens with two attached hydrogens (primary N) is 1. The zero-order valence-electron chi connectivity index (χ0n) is 6.90. The van der Waals surface area contributed by atoms with Crippen LogP contribution in [0.2, 0.25) is 0 Å². The molecular weight excluding hydrogens is 166 g/mol. The Labute approximate surface area is 75.5 Å². The first-order chi connectivity index (χ1) is 6.31. The first-order valence-corrected chi connectivity index (χ1v) is 3.97. The molecule has 0 saturated heterocycles. The van der Waals surface area contributed by atoms with E-state index in [1.807, 2.05) is 24.3 Å². The van der Waals surface area contributed by atoms with Crippen molar-refractivity contribution in [1.82, 2.24) is 5.43 Å². The summed E-state index contributed by atoms with van der Waals surface area (Å²) in [4.78, 5) is 14.9. The molecule has 3 N–H and O–H groups in total. The fourth-order valence-electron chi connectivity index (χ4n) is 1.42. The van der Waals surface area contributed by atoms with Gasteiger partial charge in [0, 0.05) is 11.8 Å². The second-order valence-corrected chi connectivity index (χ2v) is 2.84. The number of nitrogens with one attached hydrogen (secondary N) is 1. The first kappa shape index (κ1) is 7.94. The van der Waals surface area contributed by atoms with E-state index < -0.39 is 0 Å². The highest BCUT2D eigenvalue weighted by molar-refractivity contribution is 6.12. The molecule has 1 atom stereocenters. The van der Waals surface area contributed by atoms with Gasteiger partial charge < -0.3 is 5.43 Å². The van der Waals surface area contributed by atoms with Gasteiger partial charge in [0.05, 0.1) is 11.6 Å². The van der Waals surface area contributed by atoms with E-state index in [0.29, 0.717) is 5.70 Å². The minimum atomic E-state index is -0.265. The Bertz CT molecular complexity index is 363. The average Bonchev–Trinajstić information content (AvgIpc) is 2.16. The van der Waals surface area contributed by atoms with Crippen LogP contribution in [0.1, 0.15) is 0 Å². The van der Waals surface area contributed by atoms with Gasteiger partial charge in [-0.1, -0.05) is 18.2 Å². The maximum Gasteiger partial charge on any atom is 0.271 e. The maximum atomic E-state index is 11.1. The number of allylic oxidation sites excluding steroid dienone is 4. The standard InChI is InChI=1S/C9H9N3O/c10-12-8-5-9(13)11-7-4-2-1-3-6(7)8/h1-6,12H,10H2. The molecule has 2 rings (SSSR count). The summed E-state index contributed by atoms with van der Waals surface area (Å²) in [5, 5.41) is 0. The molecular formula is C9H9N3O. The van der Waals surface area contributed by atoms with Gasteiger partial charge in [0.25, 0.3) is 5.91 Å². The van der Waals surface area contributed by atoms with Crippen LogP contribution in [0.5, 0.6) is 0 Å². The average molecular weight is 175 g/mol. The van der Waals surface area contributed by atoms with Gasteiger partial charge in [-0.3, -0.25) is 10.6 Å². The Hall–Kier alpha value is -1.68. The number of carbonyl (C=O) groups is 1. The normalized spacial score (nSPS) is 25.0. The van der Waals surface area contributed by atoms with Gasteiger partial charge in [-0.25, -0.2) is 4.99 Å². The van der Waals surface area contributed by atoms with E-state index in [1.165, 1.54) is 6.08 Å². The quantitative estimate of drug-likeness (QED) is 0.437. The molecule has 0 spiro atoms. The molecule has 0 radical (unpaired) electrons. The summed E-state index contributed by atoms with van der Waals surface area (Å²) in [5.74, 6) is 5.03. The Morgan fingerprint density at radius 3 is 3.08 bits per heavy atom. The van der Waals surface area contributed by atoms with Crippen molar-refractivity contribution < 1.29 is 4.79 Å². The molecule has 0 bridgehead atoms. The minimum absolute atomic E-state index is 0.00713. The monoisotopic (exact) mass is 175 g/mol. The van der Waals surface area contributed by atoms with Gasteiger partial charge in [0.2, 0.25) is 0 Å². The molecule has 2 aliphatic rings. The van der Waals surface area contributed by atoms with E-state index in [9.17, 15) is 4.79 Å². The molecule has 4 nitrogen and oxygen atoms in total. The Morgan fingerprint density at radius 2 is 2.31 bits per heavy atom. The second kappa shape index (κ2) is 2.99. The summed E-state index contributed by atoms with van der Waals surface area (Å²) in [6, 6.07) is 0. The lowest BCUT2D eigenvalue weighted by atomic mass is 9.93. The van der Waals surface area contributed by atoms with Gasteiger partial charge in [0.1, 0.15) is 0 Å². The summed E-state index contributed by atoms with van der Waals surface area (Å²) in [7, 11) is 0. The number of hydrazine groups is 1. The lowest BCUT2D eigenvalue weighted by Crippen LogP contribution is -2.33. The molecule has 1 heterocycles. The zero-order valence-corrected chi connectivity index (χ0v) is 6.90. The van der Waals surface area contributed by atoms with Gasteiger partial charge >= 0.3 is 0 Å². The molecule has 1 aliphatic heterocycles. The van der Waals surface area contributed by atoms with E-state index in [-0.39, 0.29) is 11.8 Å². The molecule has 4 heteroatoms. The molecule has 13 heavy (non-hydrogen) atoms. The van der Waals surface area contributed by atoms with Crippen LogP contribution in [0, 0.1) is 5.92 Å². The fraction of sp³-hybridized carbons (Fsp3) is 0.111. The number of carbonyl (C=O) groups excluding carboxylic acids is 1. The highest BCUT2D eigenvalue weighted by Gasteiger charge is 2.22. The largest absolute Gasteiger partial charge is 0.327 e. The molecule has 66 valence electrons. The van der Waals surface area contributed by atoms with Gasteiger partial charge in [0.15, 0.2) is 0 Å². The van der Waals surface area contributed by atoms with Crippen molar-refractivity contribution in [3.05, 3.63) is 36.1 Å². The first-order valence-electron chi connectivity index (χ1n) is 3.97. The predicted octanol–water partition coefficient (Wildman–Crippen LogP) is 0.0570. The Balaban J connectivity index is 2.40. The van der Waals surface area contributed by atoms with Crippen molar-refractivity contribution in [3.63, 3.8) is 0 Å². The van der Waals surface area contributed by atoms with Crippen molar-refractivity contribution in [3.8, 4) is 0 Å². The summed E-state index contributed by atoms with van der Waals surface area (Å²) in [6.07, 6.45) is 8.92. The predicted molar refractivity (Wildman–Crippen MR) is 49.6 cm³/mol. The summed E-state index contributed by atoms with van der Waals surface area (Å²) >= 11 is 0. The van der Waals surface area contributed by atoms with E-state index in [4.69, 9.17) is 5.84 Å². The van der Waals surface area contributed by atoms with Crippen LogP contribution in [0.4, 0.5) is 0 Å². The third-order valence-corrected chi connectivity index (χ3v) is 2.02. The molecule has 1 amide bonds. The zero-order chi connectivity index (χ0) is 9.26. The van der Waals surface area contributed by atoms with Crippen LogP contribution in [0.3, 0.4) is 0 Å². The van der Waals surface area contributed by atoms with Crippen molar-refractivity contribution >= 4 is 11.6 Å². The van der Waals surface area contributed by atoms with Crippen LogP contribution in [0.25, 0.3) is 0 Å². The number of aliphatic imine (C=N–C) groups is 1. The summed E-state index contributed by atoms with van der Waals surface area (Å²) < 4.78 is 0. The lowest BCUT2D eigenvalue weighted by Gasteiger charge is -2.21. The minimum Gasteiger partial charge on any atom is -0.327 e. The van der Waals surface area contributed by atoms with Crippen LogP contribution < -0.4 is 11.3 Å². The van der Waals surface area contributed by atoms with E-state index in [0.717, 1.165) is 5.71 Å². The molecule has 0 fully saturated rings. The highest BCUT2D eigenvalue weighted by Crippen LogP contribution is 2.20. The summed E-state index contributed by atoms with van der Waals surface area (Å²) in [5.41, 5.74) is 3.94. The number of fused-ring (bicyclic) bond motifs is 1. The number of dihydropyridines is 1. The number of hydrogen-bond donors (Lipinski definition) is 2. The topological polar surface area (TPSA) is 67.5 Å². The number of rotatable bonds is 1. The maximum absolute atomic E-state index is 11.1. The van der Waals surface area contributed by atoms with Gasteiger partial charge in [-0.2, -0.15) is 0 Å². The van der Waals surface area contributed by atoms with Crippen LogP contribution >= 0.6 is 0 Å². The van der Waals surface area contributed by atoms with E-state index in [1.54, 1.807) is 0 Å². The molecule has 0 saturated carbocycles. The Kier molecular flexibility index (Phi) is 1.83. The van der Waals surface area contributed by atoms with Crippen LogP contribution in [-0.2, 0) is 4.79 Å². The summed E-state index contributed by atoms with van der Waals surface area (Å²) in [6.45, 7) is 0. The molecule has 1 aliphatic carbocycles. The number of hydrogen-bond acceptors (Lipinski definition) is 3. The van der Waals surface area contributed by atoms with E-state index in [2.05, 4.69) is 10.4 Å². The van der Waals surface area contributed by atoms with Gasteiger partial charge in [-0.05, 0) is 6.08 Å². The SMILES string of the molecule is NNC1=CC(=O)N=C2C=CC=CC12. The third kappa shape index (κ3) is 1.31. The second-order valence-electron chi connectivity index (χ2n) is 2.84. The fourth-order valence-corrected chi connectivity index (χ4v) is 1.42. The molecule has 1 unspecified atom stereocenters.